The maximum atomic E-state index is 15.0. The van der Waals surface area contributed by atoms with Gasteiger partial charge in [-0.15, -0.1) is 0 Å². The number of halogens is 3. The van der Waals surface area contributed by atoms with Crippen LogP contribution >= 0.6 is 0 Å². The van der Waals surface area contributed by atoms with Crippen molar-refractivity contribution in [1.82, 2.24) is 0 Å². The van der Waals surface area contributed by atoms with E-state index in [0.29, 0.717) is 29.2 Å². The number of hydrogen-bond donors (Lipinski definition) is 0. The van der Waals surface area contributed by atoms with Gasteiger partial charge in [-0.1, -0.05) is 45.4 Å². The van der Waals surface area contributed by atoms with Crippen LogP contribution in [0, 0.1) is 34.7 Å². The largest absolute Gasteiger partial charge is 0.207 e. The van der Waals surface area contributed by atoms with Crippen LogP contribution in [0.25, 0.3) is 11.1 Å². The van der Waals surface area contributed by atoms with Crippen molar-refractivity contribution in [1.29, 1.82) is 0 Å². The van der Waals surface area contributed by atoms with Crippen LogP contribution in [0.2, 0.25) is 0 Å². The Hall–Kier alpha value is -1.77. The molecular formula is C22H25F3. The molecular weight excluding hydrogens is 321 g/mol. The van der Waals surface area contributed by atoms with Gasteiger partial charge in [0.1, 0.15) is 17.5 Å². The lowest BCUT2D eigenvalue weighted by molar-refractivity contribution is 0.230. The van der Waals surface area contributed by atoms with E-state index in [2.05, 4.69) is 20.8 Å². The Balaban J connectivity index is 1.86. The van der Waals surface area contributed by atoms with Crippen LogP contribution < -0.4 is 0 Å². The molecule has 0 bridgehead atoms. The first-order valence-corrected chi connectivity index (χ1v) is 9.10. The van der Waals surface area contributed by atoms with Gasteiger partial charge in [-0.05, 0) is 59.8 Å². The van der Waals surface area contributed by atoms with Crippen molar-refractivity contribution in [2.75, 3.05) is 0 Å². The molecule has 2 aromatic rings. The molecule has 2 atom stereocenters. The highest BCUT2D eigenvalue weighted by atomic mass is 19.1. The van der Waals surface area contributed by atoms with E-state index in [4.69, 9.17) is 0 Å². The summed E-state index contributed by atoms with van der Waals surface area (Å²) in [6.45, 7) is 6.68. The van der Waals surface area contributed by atoms with Crippen LogP contribution in [-0.4, -0.2) is 0 Å². The molecule has 3 heteroatoms. The molecule has 0 N–H and O–H groups in total. The van der Waals surface area contributed by atoms with Gasteiger partial charge in [0.15, 0.2) is 0 Å². The van der Waals surface area contributed by atoms with Crippen LogP contribution in [0.3, 0.4) is 0 Å². The monoisotopic (exact) mass is 346 g/mol. The fourth-order valence-electron chi connectivity index (χ4n) is 4.09. The Bertz CT molecular complexity index is 742. The van der Waals surface area contributed by atoms with Crippen LogP contribution in [0.4, 0.5) is 13.2 Å². The second-order valence-electron chi connectivity index (χ2n) is 7.62. The SMILES string of the molecule is CCC1([C@H](C)[C@@H](C)Cc2cccc(-c3cc(F)cc(F)c3)c2F)CC1. The van der Waals surface area contributed by atoms with Gasteiger partial charge in [0, 0.05) is 11.6 Å². The zero-order valence-electron chi connectivity index (χ0n) is 15.1. The van der Waals surface area contributed by atoms with E-state index in [9.17, 15) is 13.2 Å². The van der Waals surface area contributed by atoms with E-state index in [1.54, 1.807) is 18.2 Å². The van der Waals surface area contributed by atoms with Gasteiger partial charge >= 0.3 is 0 Å². The third-order valence-corrected chi connectivity index (χ3v) is 6.21. The summed E-state index contributed by atoms with van der Waals surface area (Å²) in [6.07, 6.45) is 4.34. The molecule has 0 nitrogen and oxygen atoms in total. The normalized spacial score (nSPS) is 18.0. The van der Waals surface area contributed by atoms with Crippen LogP contribution in [0.15, 0.2) is 36.4 Å². The van der Waals surface area contributed by atoms with E-state index in [1.165, 1.54) is 31.4 Å². The number of hydrogen-bond acceptors (Lipinski definition) is 0. The third-order valence-electron chi connectivity index (χ3n) is 6.21. The fraction of sp³-hybridized carbons (Fsp3) is 0.455. The molecule has 1 aliphatic carbocycles. The Morgan fingerprint density at radius 2 is 1.64 bits per heavy atom. The third kappa shape index (κ3) is 3.61. The molecule has 0 unspecified atom stereocenters. The number of rotatable bonds is 6. The average Bonchev–Trinajstić information content (AvgIpc) is 3.36. The minimum absolute atomic E-state index is 0.241. The summed E-state index contributed by atoms with van der Waals surface area (Å²) >= 11 is 0. The van der Waals surface area contributed by atoms with Crippen molar-refractivity contribution in [2.24, 2.45) is 17.3 Å². The standard InChI is InChI=1S/C22H25F3/c1-4-22(8-9-22)15(3)14(2)10-16-6-5-7-20(21(16)25)17-11-18(23)13-19(24)12-17/h5-7,11-15H,4,8-10H2,1-3H3/t14-,15+/m0/s1. The summed E-state index contributed by atoms with van der Waals surface area (Å²) in [4.78, 5) is 0. The molecule has 0 amide bonds. The quantitative estimate of drug-likeness (QED) is 0.541. The molecule has 0 heterocycles. The molecule has 0 aromatic heterocycles. The van der Waals surface area contributed by atoms with E-state index < -0.39 is 11.6 Å². The molecule has 1 aliphatic rings. The van der Waals surface area contributed by atoms with Gasteiger partial charge < -0.3 is 0 Å². The van der Waals surface area contributed by atoms with E-state index in [1.807, 2.05) is 0 Å². The second-order valence-corrected chi connectivity index (χ2v) is 7.62. The highest BCUT2D eigenvalue weighted by Crippen LogP contribution is 2.57. The Labute approximate surface area is 148 Å². The van der Waals surface area contributed by atoms with Crippen LogP contribution in [-0.2, 0) is 6.42 Å². The minimum atomic E-state index is -0.694. The first kappa shape index (κ1) is 18.0. The van der Waals surface area contributed by atoms with Gasteiger partial charge in [0.05, 0.1) is 0 Å². The molecule has 3 rings (SSSR count). The zero-order valence-corrected chi connectivity index (χ0v) is 15.1. The topological polar surface area (TPSA) is 0 Å². The van der Waals surface area contributed by atoms with Gasteiger partial charge in [-0.3, -0.25) is 0 Å². The lowest BCUT2D eigenvalue weighted by Crippen LogP contribution is -2.21. The van der Waals surface area contributed by atoms with Crippen molar-refractivity contribution in [2.45, 2.75) is 46.5 Å². The smallest absolute Gasteiger partial charge is 0.134 e. The molecule has 2 aromatic carbocycles. The lowest BCUT2D eigenvalue weighted by Gasteiger charge is -2.28. The summed E-state index contributed by atoms with van der Waals surface area (Å²) in [5, 5.41) is 0. The Morgan fingerprint density at radius 1 is 1.00 bits per heavy atom. The summed E-state index contributed by atoms with van der Waals surface area (Å²) in [5.41, 5.74) is 1.55. The first-order valence-electron chi connectivity index (χ1n) is 9.10. The zero-order chi connectivity index (χ0) is 18.2. The molecule has 25 heavy (non-hydrogen) atoms. The summed E-state index contributed by atoms with van der Waals surface area (Å²) in [5.74, 6) is -0.864. The molecule has 1 fully saturated rings. The van der Waals surface area contributed by atoms with E-state index in [-0.39, 0.29) is 16.9 Å². The second kappa shape index (κ2) is 6.86. The molecule has 134 valence electrons. The Kier molecular flexibility index (Phi) is 4.95. The predicted molar refractivity (Wildman–Crippen MR) is 95.7 cm³/mol. The Morgan fingerprint density at radius 3 is 2.20 bits per heavy atom. The summed E-state index contributed by atoms with van der Waals surface area (Å²) in [7, 11) is 0. The maximum Gasteiger partial charge on any atom is 0.134 e. The van der Waals surface area contributed by atoms with Gasteiger partial charge in [-0.25, -0.2) is 13.2 Å². The van der Waals surface area contributed by atoms with Gasteiger partial charge in [-0.2, -0.15) is 0 Å². The van der Waals surface area contributed by atoms with E-state index >= 15 is 0 Å². The molecule has 0 saturated heterocycles. The summed E-state index contributed by atoms with van der Waals surface area (Å²) in [6, 6.07) is 8.27. The fourth-order valence-corrected chi connectivity index (χ4v) is 4.09. The van der Waals surface area contributed by atoms with Gasteiger partial charge in [0.2, 0.25) is 0 Å². The predicted octanol–water partition coefficient (Wildman–Crippen LogP) is 6.78. The van der Waals surface area contributed by atoms with Crippen molar-refractivity contribution in [3.8, 4) is 11.1 Å². The number of benzene rings is 2. The average molecular weight is 346 g/mol. The van der Waals surface area contributed by atoms with Crippen molar-refractivity contribution in [3.63, 3.8) is 0 Å². The highest BCUT2D eigenvalue weighted by molar-refractivity contribution is 5.65. The van der Waals surface area contributed by atoms with Crippen molar-refractivity contribution >= 4 is 0 Å². The van der Waals surface area contributed by atoms with Crippen LogP contribution in [0.5, 0.6) is 0 Å². The van der Waals surface area contributed by atoms with Crippen molar-refractivity contribution < 1.29 is 13.2 Å². The minimum Gasteiger partial charge on any atom is -0.207 e. The summed E-state index contributed by atoms with van der Waals surface area (Å²) < 4.78 is 41.9. The van der Waals surface area contributed by atoms with Crippen LogP contribution in [0.1, 0.15) is 45.6 Å². The maximum absolute atomic E-state index is 15.0. The molecule has 0 radical (unpaired) electrons. The lowest BCUT2D eigenvalue weighted by atomic mass is 9.77. The van der Waals surface area contributed by atoms with Gasteiger partial charge in [0.25, 0.3) is 0 Å². The molecule has 1 saturated carbocycles. The first-order chi connectivity index (χ1) is 11.9. The highest BCUT2D eigenvalue weighted by Gasteiger charge is 2.46. The van der Waals surface area contributed by atoms with Crippen molar-refractivity contribution in [3.05, 3.63) is 59.4 Å². The molecule has 0 spiro atoms. The molecule has 0 aliphatic heterocycles. The van der Waals surface area contributed by atoms with E-state index in [0.717, 1.165) is 6.07 Å².